The highest BCUT2D eigenvalue weighted by Crippen LogP contribution is 2.42. The van der Waals surface area contributed by atoms with Gasteiger partial charge in [-0.05, 0) is 96.7 Å². The molecular formula is C38H43N3O4. The van der Waals surface area contributed by atoms with Crippen molar-refractivity contribution in [1.29, 1.82) is 0 Å². The highest BCUT2D eigenvalue weighted by Gasteiger charge is 2.39. The summed E-state index contributed by atoms with van der Waals surface area (Å²) in [4.78, 5) is 20.5. The first-order valence-electron chi connectivity index (χ1n) is 15.8. The molecule has 4 aromatic rings. The minimum absolute atomic E-state index is 0.107. The summed E-state index contributed by atoms with van der Waals surface area (Å²) in [6.07, 6.45) is 2.14. The van der Waals surface area contributed by atoms with Crippen LogP contribution in [0.4, 0.5) is 5.69 Å². The van der Waals surface area contributed by atoms with Crippen LogP contribution in [-0.2, 0) is 12.0 Å². The maximum atomic E-state index is 13.6. The third-order valence-corrected chi connectivity index (χ3v) is 9.44. The third-order valence-electron chi connectivity index (χ3n) is 9.44. The fourth-order valence-electron chi connectivity index (χ4n) is 6.94. The molecule has 6 rings (SSSR count). The Hall–Kier alpha value is -4.49. The van der Waals surface area contributed by atoms with Gasteiger partial charge in [-0.15, -0.1) is 0 Å². The highest BCUT2D eigenvalue weighted by molar-refractivity contribution is 5.94. The van der Waals surface area contributed by atoms with Gasteiger partial charge in [0.25, 0.3) is 5.91 Å². The third kappa shape index (κ3) is 6.64. The molecule has 2 fully saturated rings. The monoisotopic (exact) mass is 605 g/mol. The van der Waals surface area contributed by atoms with Crippen LogP contribution in [0.15, 0.2) is 97.1 Å². The van der Waals surface area contributed by atoms with E-state index >= 15 is 0 Å². The van der Waals surface area contributed by atoms with Crippen molar-refractivity contribution in [2.75, 3.05) is 65.5 Å². The molecule has 234 valence electrons. The van der Waals surface area contributed by atoms with Gasteiger partial charge >= 0.3 is 0 Å². The Kier molecular flexibility index (Phi) is 9.26. The molecule has 7 nitrogen and oxygen atoms in total. The zero-order chi connectivity index (χ0) is 31.2. The fourth-order valence-corrected chi connectivity index (χ4v) is 6.94. The quantitative estimate of drug-likeness (QED) is 0.225. The van der Waals surface area contributed by atoms with Crippen molar-refractivity contribution in [1.82, 2.24) is 9.80 Å². The van der Waals surface area contributed by atoms with Gasteiger partial charge in [-0.25, -0.2) is 0 Å². The van der Waals surface area contributed by atoms with Crippen molar-refractivity contribution in [2.24, 2.45) is 0 Å². The summed E-state index contributed by atoms with van der Waals surface area (Å²) in [6.45, 7) is 5.72. The number of methoxy groups -OCH3 is 3. The average Bonchev–Trinajstić information content (AvgIpc) is 3.11. The van der Waals surface area contributed by atoms with Crippen molar-refractivity contribution in [3.63, 3.8) is 0 Å². The van der Waals surface area contributed by atoms with Crippen molar-refractivity contribution in [3.8, 4) is 17.2 Å². The first kappa shape index (κ1) is 30.5. The number of anilines is 1. The number of carbonyl (C=O) groups is 1. The minimum Gasteiger partial charge on any atom is -0.497 e. The Morgan fingerprint density at radius 3 is 1.80 bits per heavy atom. The fraction of sp³-hybridized carbons (Fsp3) is 0.342. The molecule has 0 N–H and O–H groups in total. The summed E-state index contributed by atoms with van der Waals surface area (Å²) < 4.78 is 16.2. The van der Waals surface area contributed by atoms with Crippen LogP contribution < -0.4 is 19.1 Å². The molecule has 0 aromatic heterocycles. The number of piperidine rings is 1. The van der Waals surface area contributed by atoms with Crippen LogP contribution in [0.3, 0.4) is 0 Å². The number of amides is 1. The second kappa shape index (κ2) is 13.7. The van der Waals surface area contributed by atoms with Gasteiger partial charge in [0.2, 0.25) is 0 Å². The van der Waals surface area contributed by atoms with Crippen LogP contribution >= 0.6 is 0 Å². The SMILES string of the molecule is COc1ccc(N2CCN(C(=O)c3cccc(CN4CCCC(c5ccc(OC)cc5)(c5ccc(OC)cc5)C4)c3)CC2)cc1. The van der Waals surface area contributed by atoms with Crippen LogP contribution in [0.25, 0.3) is 0 Å². The van der Waals surface area contributed by atoms with Gasteiger partial charge in [-0.2, -0.15) is 0 Å². The van der Waals surface area contributed by atoms with Crippen LogP contribution in [0.2, 0.25) is 0 Å². The van der Waals surface area contributed by atoms with Gasteiger partial charge in [-0.3, -0.25) is 9.69 Å². The number of nitrogens with zero attached hydrogens (tertiary/aromatic N) is 3. The number of hydrogen-bond donors (Lipinski definition) is 0. The summed E-state index contributed by atoms with van der Waals surface area (Å²) in [5, 5.41) is 0. The van der Waals surface area contributed by atoms with E-state index < -0.39 is 0 Å². The molecule has 0 atom stereocenters. The number of hydrogen-bond acceptors (Lipinski definition) is 6. The summed E-state index contributed by atoms with van der Waals surface area (Å²) in [5.74, 6) is 2.68. The topological polar surface area (TPSA) is 54.5 Å². The Bertz CT molecular complexity index is 1510. The van der Waals surface area contributed by atoms with E-state index in [1.54, 1.807) is 21.3 Å². The standard InChI is InChI=1S/C38H43N3O4/c1-43-34-14-8-31(9-15-34)38(32-10-16-35(44-2)17-11-32)20-5-21-39(28-38)27-29-6-4-7-30(26-29)37(42)41-24-22-40(23-25-41)33-12-18-36(45-3)19-13-33/h4,6-19,26H,5,20-25,27-28H2,1-3H3. The van der Waals surface area contributed by atoms with Crippen LogP contribution in [-0.4, -0.2) is 76.3 Å². The molecule has 2 saturated heterocycles. The lowest BCUT2D eigenvalue weighted by Crippen LogP contribution is -2.48. The molecule has 4 aromatic carbocycles. The largest absolute Gasteiger partial charge is 0.497 e. The number of carbonyl (C=O) groups excluding carboxylic acids is 1. The lowest BCUT2D eigenvalue weighted by Gasteiger charge is -2.44. The zero-order valence-corrected chi connectivity index (χ0v) is 26.6. The normalized spacial score (nSPS) is 16.7. The molecule has 2 aliphatic rings. The van der Waals surface area contributed by atoms with Gasteiger partial charge in [-0.1, -0.05) is 36.4 Å². The van der Waals surface area contributed by atoms with Crippen LogP contribution in [0.1, 0.15) is 39.9 Å². The molecule has 0 bridgehead atoms. The number of rotatable bonds is 9. The van der Waals surface area contributed by atoms with E-state index in [9.17, 15) is 4.79 Å². The molecule has 0 saturated carbocycles. The summed E-state index contributed by atoms with van der Waals surface area (Å²) in [7, 11) is 5.09. The lowest BCUT2D eigenvalue weighted by molar-refractivity contribution is 0.0746. The molecule has 0 aliphatic carbocycles. The second-order valence-corrected chi connectivity index (χ2v) is 12.0. The first-order chi connectivity index (χ1) is 22.0. The van der Waals surface area contributed by atoms with Gasteiger partial charge in [0.15, 0.2) is 0 Å². The minimum atomic E-state index is -0.159. The van der Waals surface area contributed by atoms with E-state index in [-0.39, 0.29) is 11.3 Å². The molecule has 45 heavy (non-hydrogen) atoms. The van der Waals surface area contributed by atoms with Crippen LogP contribution in [0.5, 0.6) is 17.2 Å². The Labute approximate surface area is 266 Å². The maximum Gasteiger partial charge on any atom is 0.253 e. The molecular weight excluding hydrogens is 562 g/mol. The number of ether oxygens (including phenoxy) is 3. The number of benzene rings is 4. The van der Waals surface area contributed by atoms with Gasteiger partial charge in [0.1, 0.15) is 17.2 Å². The summed E-state index contributed by atoms with van der Waals surface area (Å²) in [6, 6.07) is 33.4. The smallest absolute Gasteiger partial charge is 0.253 e. The van der Waals surface area contributed by atoms with Crippen molar-refractivity contribution < 1.29 is 19.0 Å². The van der Waals surface area contributed by atoms with Crippen molar-refractivity contribution in [3.05, 3.63) is 119 Å². The van der Waals surface area contributed by atoms with E-state index in [1.807, 2.05) is 29.2 Å². The van der Waals surface area contributed by atoms with E-state index in [0.29, 0.717) is 13.1 Å². The molecule has 0 spiro atoms. The van der Waals surface area contributed by atoms with Crippen molar-refractivity contribution in [2.45, 2.75) is 24.8 Å². The predicted octanol–water partition coefficient (Wildman–Crippen LogP) is 6.26. The molecule has 1 amide bonds. The number of likely N-dealkylation sites (tertiary alicyclic amines) is 1. The second-order valence-electron chi connectivity index (χ2n) is 12.0. The molecule has 0 radical (unpaired) electrons. The Balaban J connectivity index is 1.16. The summed E-state index contributed by atoms with van der Waals surface area (Å²) >= 11 is 0. The van der Waals surface area contributed by atoms with E-state index in [4.69, 9.17) is 14.2 Å². The molecule has 7 heteroatoms. The van der Waals surface area contributed by atoms with Gasteiger partial charge in [0, 0.05) is 55.9 Å². The van der Waals surface area contributed by atoms with Crippen molar-refractivity contribution >= 4 is 11.6 Å². The van der Waals surface area contributed by atoms with Crippen LogP contribution in [0, 0.1) is 0 Å². The highest BCUT2D eigenvalue weighted by atomic mass is 16.5. The zero-order valence-electron chi connectivity index (χ0n) is 26.6. The van der Waals surface area contributed by atoms with E-state index in [1.165, 1.54) is 11.1 Å². The van der Waals surface area contributed by atoms with E-state index in [2.05, 4.69) is 82.6 Å². The average molecular weight is 606 g/mol. The maximum absolute atomic E-state index is 13.6. The predicted molar refractivity (Wildman–Crippen MR) is 179 cm³/mol. The molecule has 2 heterocycles. The number of piperazine rings is 1. The van der Waals surface area contributed by atoms with Gasteiger partial charge < -0.3 is 24.0 Å². The Morgan fingerprint density at radius 2 is 1.24 bits per heavy atom. The summed E-state index contributed by atoms with van der Waals surface area (Å²) in [5.41, 5.74) is 5.50. The first-order valence-corrected chi connectivity index (χ1v) is 15.8. The van der Waals surface area contributed by atoms with Gasteiger partial charge in [0.05, 0.1) is 21.3 Å². The molecule has 2 aliphatic heterocycles. The Morgan fingerprint density at radius 1 is 0.689 bits per heavy atom. The molecule has 0 unspecified atom stereocenters. The van der Waals surface area contributed by atoms with E-state index in [0.717, 1.165) is 79.6 Å². The lowest BCUT2D eigenvalue weighted by atomic mass is 9.69.